The summed E-state index contributed by atoms with van der Waals surface area (Å²) in [5.74, 6) is -0.504. The summed E-state index contributed by atoms with van der Waals surface area (Å²) in [6.07, 6.45) is -3.72. The first-order valence-electron chi connectivity index (χ1n) is 5.00. The number of para-hydroxylation sites is 1. The molecule has 0 saturated heterocycles. The highest BCUT2D eigenvalue weighted by atomic mass is 19.3. The molecule has 0 fully saturated rings. The Morgan fingerprint density at radius 2 is 2.12 bits per heavy atom. The maximum atomic E-state index is 11.9. The molecule has 1 rings (SSSR count). The quantitative estimate of drug-likeness (QED) is 0.619. The number of aromatic hydroxyl groups is 1. The molecule has 0 spiro atoms. The van der Waals surface area contributed by atoms with Crippen molar-refractivity contribution in [1.82, 2.24) is 0 Å². The van der Waals surface area contributed by atoms with Gasteiger partial charge < -0.3 is 14.9 Å². The number of phenolic OH excluding ortho intramolecular Hbond substituents is 1. The third-order valence-electron chi connectivity index (χ3n) is 2.15. The van der Waals surface area contributed by atoms with Gasteiger partial charge in [0.05, 0.1) is 0 Å². The molecule has 0 aliphatic rings. The molecular formula is C11H12F2O4. The Labute approximate surface area is 96.5 Å². The van der Waals surface area contributed by atoms with Crippen molar-refractivity contribution in [3.05, 3.63) is 23.8 Å². The summed E-state index contributed by atoms with van der Waals surface area (Å²) in [6.45, 7) is 0. The van der Waals surface area contributed by atoms with Crippen LogP contribution < -0.4 is 4.74 Å². The van der Waals surface area contributed by atoms with Crippen LogP contribution in [-0.2, 0) is 6.42 Å². The minimum atomic E-state index is -2.38. The largest absolute Gasteiger partial charge is 0.511 e. The summed E-state index contributed by atoms with van der Waals surface area (Å²) in [4.78, 5) is 10.3. The molecule has 0 atom stereocenters. The van der Waals surface area contributed by atoms with Gasteiger partial charge in [0.15, 0.2) is 11.5 Å². The van der Waals surface area contributed by atoms with Gasteiger partial charge in [0.25, 0.3) is 0 Å². The number of ether oxygens (including phenoxy) is 1. The van der Waals surface area contributed by atoms with Gasteiger partial charge in [0.2, 0.25) is 6.43 Å². The van der Waals surface area contributed by atoms with Crippen LogP contribution in [0.15, 0.2) is 18.2 Å². The van der Waals surface area contributed by atoms with Gasteiger partial charge in [-0.3, -0.25) is 0 Å². The molecule has 0 aliphatic carbocycles. The minimum absolute atomic E-state index is 0.188. The van der Waals surface area contributed by atoms with Gasteiger partial charge in [-0.1, -0.05) is 12.1 Å². The molecule has 0 saturated carbocycles. The van der Waals surface area contributed by atoms with E-state index in [1.807, 2.05) is 0 Å². The lowest BCUT2D eigenvalue weighted by atomic mass is 10.1. The second-order valence-electron chi connectivity index (χ2n) is 3.42. The molecule has 0 aliphatic heterocycles. The molecule has 0 heterocycles. The number of halogens is 2. The highest BCUT2D eigenvalue weighted by molar-refractivity contribution is 5.63. The first-order chi connectivity index (χ1) is 8.00. The van der Waals surface area contributed by atoms with Crippen LogP contribution in [0.1, 0.15) is 18.4 Å². The van der Waals surface area contributed by atoms with Gasteiger partial charge in [-0.25, -0.2) is 13.6 Å². The predicted molar refractivity (Wildman–Crippen MR) is 55.7 cm³/mol. The van der Waals surface area contributed by atoms with Crippen LogP contribution in [0.25, 0.3) is 0 Å². The van der Waals surface area contributed by atoms with E-state index in [2.05, 4.69) is 4.74 Å². The summed E-state index contributed by atoms with van der Waals surface area (Å²) in [7, 11) is 0. The van der Waals surface area contributed by atoms with Crippen molar-refractivity contribution in [2.45, 2.75) is 25.7 Å². The van der Waals surface area contributed by atoms with Crippen LogP contribution >= 0.6 is 0 Å². The minimum Gasteiger partial charge on any atom is -0.504 e. The summed E-state index contributed by atoms with van der Waals surface area (Å²) in [6, 6.07) is 4.32. The van der Waals surface area contributed by atoms with E-state index < -0.39 is 12.6 Å². The zero-order valence-electron chi connectivity index (χ0n) is 8.90. The Morgan fingerprint density at radius 1 is 1.41 bits per heavy atom. The summed E-state index contributed by atoms with van der Waals surface area (Å²) in [5.41, 5.74) is 0.393. The molecule has 94 valence electrons. The smallest absolute Gasteiger partial charge is 0.504 e. The van der Waals surface area contributed by atoms with E-state index in [-0.39, 0.29) is 30.8 Å². The van der Waals surface area contributed by atoms with Crippen molar-refractivity contribution in [2.24, 2.45) is 0 Å². The maximum Gasteiger partial charge on any atom is 0.511 e. The molecule has 0 bridgehead atoms. The number of alkyl halides is 2. The molecule has 0 radical (unpaired) electrons. The molecule has 17 heavy (non-hydrogen) atoms. The fourth-order valence-corrected chi connectivity index (χ4v) is 1.39. The zero-order chi connectivity index (χ0) is 12.8. The van der Waals surface area contributed by atoms with E-state index in [0.29, 0.717) is 5.56 Å². The van der Waals surface area contributed by atoms with Crippen molar-refractivity contribution in [1.29, 1.82) is 0 Å². The molecule has 6 heteroatoms. The normalized spacial score (nSPS) is 10.5. The Bertz CT molecular complexity index is 393. The molecule has 0 amide bonds. The number of benzene rings is 1. The van der Waals surface area contributed by atoms with E-state index in [4.69, 9.17) is 5.11 Å². The lowest BCUT2D eigenvalue weighted by Crippen LogP contribution is -2.03. The van der Waals surface area contributed by atoms with E-state index in [1.54, 1.807) is 0 Å². The zero-order valence-corrected chi connectivity index (χ0v) is 8.90. The van der Waals surface area contributed by atoms with Crippen LogP contribution in [0.3, 0.4) is 0 Å². The number of carboxylic acid groups (broad SMARTS) is 1. The van der Waals surface area contributed by atoms with E-state index >= 15 is 0 Å². The highest BCUT2D eigenvalue weighted by Crippen LogP contribution is 2.31. The van der Waals surface area contributed by atoms with Gasteiger partial charge in [-0.05, 0) is 24.5 Å². The van der Waals surface area contributed by atoms with Crippen LogP contribution in [0.4, 0.5) is 13.6 Å². The van der Waals surface area contributed by atoms with Crippen molar-refractivity contribution >= 4 is 6.16 Å². The SMILES string of the molecule is O=C(O)Oc1cccc(CCCC(F)F)c1O. The number of hydrogen-bond acceptors (Lipinski definition) is 3. The van der Waals surface area contributed by atoms with Gasteiger partial charge in [-0.2, -0.15) is 0 Å². The molecular weight excluding hydrogens is 234 g/mol. The lowest BCUT2D eigenvalue weighted by molar-refractivity contribution is 0.135. The number of hydrogen-bond donors (Lipinski definition) is 2. The van der Waals surface area contributed by atoms with Crippen LogP contribution in [0.2, 0.25) is 0 Å². The van der Waals surface area contributed by atoms with Gasteiger partial charge >= 0.3 is 6.16 Å². The summed E-state index contributed by atoms with van der Waals surface area (Å²) >= 11 is 0. The second kappa shape index (κ2) is 6.03. The van der Waals surface area contributed by atoms with Crippen molar-refractivity contribution in [3.63, 3.8) is 0 Å². The van der Waals surface area contributed by atoms with Gasteiger partial charge in [-0.15, -0.1) is 0 Å². The highest BCUT2D eigenvalue weighted by Gasteiger charge is 2.11. The Balaban J connectivity index is 2.69. The van der Waals surface area contributed by atoms with Crippen LogP contribution in [0, 0.1) is 0 Å². The van der Waals surface area contributed by atoms with Crippen LogP contribution in [-0.4, -0.2) is 22.8 Å². The topological polar surface area (TPSA) is 66.8 Å². The van der Waals surface area contributed by atoms with E-state index in [9.17, 15) is 18.7 Å². The van der Waals surface area contributed by atoms with Crippen molar-refractivity contribution < 1.29 is 28.5 Å². The van der Waals surface area contributed by atoms with Crippen LogP contribution in [0.5, 0.6) is 11.5 Å². The van der Waals surface area contributed by atoms with E-state index in [0.717, 1.165) is 0 Å². The Kier molecular flexibility index (Phi) is 4.68. The standard InChI is InChI=1S/C11H12F2O4/c12-9(13)6-2-4-7-3-1-5-8(10(7)14)17-11(15)16/h1,3,5,9,14H,2,4,6H2,(H,15,16). The lowest BCUT2D eigenvalue weighted by Gasteiger charge is -2.08. The molecule has 2 N–H and O–H groups in total. The first-order valence-corrected chi connectivity index (χ1v) is 5.00. The monoisotopic (exact) mass is 246 g/mol. The average Bonchev–Trinajstić information content (AvgIpc) is 2.22. The molecule has 4 nitrogen and oxygen atoms in total. The third-order valence-corrected chi connectivity index (χ3v) is 2.15. The molecule has 0 aromatic heterocycles. The average molecular weight is 246 g/mol. The fraction of sp³-hybridized carbons (Fsp3) is 0.364. The van der Waals surface area contributed by atoms with Gasteiger partial charge in [0.1, 0.15) is 0 Å². The van der Waals surface area contributed by atoms with Crippen molar-refractivity contribution in [2.75, 3.05) is 0 Å². The van der Waals surface area contributed by atoms with Crippen molar-refractivity contribution in [3.8, 4) is 11.5 Å². The number of phenols is 1. The number of aryl methyl sites for hydroxylation is 1. The third kappa shape index (κ3) is 4.26. The van der Waals surface area contributed by atoms with Gasteiger partial charge in [0, 0.05) is 6.42 Å². The molecule has 0 unspecified atom stereocenters. The predicted octanol–water partition coefficient (Wildman–Crippen LogP) is 3.04. The molecule has 1 aromatic rings. The number of carbonyl (C=O) groups is 1. The maximum absolute atomic E-state index is 11.9. The Hall–Kier alpha value is -1.85. The number of rotatable bonds is 5. The fourth-order valence-electron chi connectivity index (χ4n) is 1.39. The molecule has 1 aromatic carbocycles. The Morgan fingerprint density at radius 3 is 2.71 bits per heavy atom. The second-order valence-corrected chi connectivity index (χ2v) is 3.42. The summed E-state index contributed by atoms with van der Waals surface area (Å²) < 4.78 is 28.2. The summed E-state index contributed by atoms with van der Waals surface area (Å²) in [5, 5.41) is 18.0. The van der Waals surface area contributed by atoms with E-state index in [1.165, 1.54) is 18.2 Å². The first kappa shape index (κ1) is 13.2.